The Morgan fingerprint density at radius 3 is 1.52 bits per heavy atom. The van der Waals surface area contributed by atoms with Gasteiger partial charge in [-0.2, -0.15) is 0 Å². The summed E-state index contributed by atoms with van der Waals surface area (Å²) in [7, 11) is 0. The minimum Gasteiger partial charge on any atom is -0.481 e. The molecular formula is C22H40O7. The maximum absolute atomic E-state index is 11.4. The van der Waals surface area contributed by atoms with Gasteiger partial charge in [-0.1, -0.05) is 77.6 Å². The Bertz CT molecular complexity index is 464. The van der Waals surface area contributed by atoms with Gasteiger partial charge < -0.3 is 20.4 Å². The monoisotopic (exact) mass is 416 g/mol. The van der Waals surface area contributed by atoms with E-state index in [1.165, 1.54) is 19.3 Å². The average molecular weight is 417 g/mol. The number of aliphatic hydroxyl groups excluding tert-OH is 1. The van der Waals surface area contributed by atoms with Crippen molar-refractivity contribution in [1.82, 2.24) is 0 Å². The summed E-state index contributed by atoms with van der Waals surface area (Å²) in [5.41, 5.74) is 0. The fraction of sp³-hybridized carbons (Fsp3) is 0.864. The van der Waals surface area contributed by atoms with E-state index in [4.69, 9.17) is 10.2 Å². The van der Waals surface area contributed by atoms with E-state index in [2.05, 4.69) is 6.92 Å². The van der Waals surface area contributed by atoms with E-state index in [0.29, 0.717) is 12.8 Å². The second-order valence-corrected chi connectivity index (χ2v) is 8.05. The van der Waals surface area contributed by atoms with Crippen LogP contribution in [-0.2, 0) is 14.4 Å². The number of rotatable bonds is 20. The summed E-state index contributed by atoms with van der Waals surface area (Å²) in [6.07, 6.45) is 10.7. The number of aliphatic carboxylic acids is 3. The summed E-state index contributed by atoms with van der Waals surface area (Å²) in [5.74, 6) is -4.35. The molecule has 0 radical (unpaired) electrons. The number of aliphatic hydroxyl groups is 1. The average Bonchev–Trinajstić information content (AvgIpc) is 2.63. The van der Waals surface area contributed by atoms with Gasteiger partial charge in [0.2, 0.25) is 0 Å². The lowest BCUT2D eigenvalue weighted by molar-refractivity contribution is -0.149. The van der Waals surface area contributed by atoms with Crippen LogP contribution in [-0.4, -0.2) is 44.4 Å². The van der Waals surface area contributed by atoms with E-state index in [1.54, 1.807) is 0 Å². The van der Waals surface area contributed by atoms with Crippen LogP contribution in [0.5, 0.6) is 0 Å². The summed E-state index contributed by atoms with van der Waals surface area (Å²) in [6.45, 7) is 2.16. The molecule has 3 atom stereocenters. The van der Waals surface area contributed by atoms with Crippen molar-refractivity contribution in [2.24, 2.45) is 11.8 Å². The fourth-order valence-corrected chi connectivity index (χ4v) is 3.65. The molecule has 0 spiro atoms. The quantitative estimate of drug-likeness (QED) is 0.211. The summed E-state index contributed by atoms with van der Waals surface area (Å²) in [6, 6.07) is 0. The van der Waals surface area contributed by atoms with Crippen molar-refractivity contribution in [1.29, 1.82) is 0 Å². The van der Waals surface area contributed by atoms with Crippen LogP contribution in [0.1, 0.15) is 103 Å². The van der Waals surface area contributed by atoms with Crippen LogP contribution >= 0.6 is 0 Å². The Morgan fingerprint density at radius 2 is 1.10 bits per heavy atom. The number of carboxylic acids is 3. The van der Waals surface area contributed by atoms with Gasteiger partial charge in [-0.05, 0) is 19.3 Å². The standard InChI is InChI=1S/C22H40O7/c1-2-3-4-7-10-13-17(21(26)27)14-11-8-5-6-9-12-15-18(22(28)29)19(23)16-20(24)25/h17-19,23H,2-16H2,1H3,(H,24,25)(H,26,27)(H,28,29). The number of unbranched alkanes of at least 4 members (excludes halogenated alkanes) is 9. The molecule has 0 fully saturated rings. The summed E-state index contributed by atoms with van der Waals surface area (Å²) in [4.78, 5) is 33.1. The van der Waals surface area contributed by atoms with E-state index >= 15 is 0 Å². The van der Waals surface area contributed by atoms with E-state index in [1.807, 2.05) is 0 Å². The Kier molecular flexibility index (Phi) is 16.3. The Hall–Kier alpha value is -1.63. The first-order valence-corrected chi connectivity index (χ1v) is 11.1. The zero-order valence-corrected chi connectivity index (χ0v) is 17.9. The molecule has 0 bridgehead atoms. The van der Waals surface area contributed by atoms with Crippen molar-refractivity contribution in [3.05, 3.63) is 0 Å². The van der Waals surface area contributed by atoms with Gasteiger partial charge >= 0.3 is 17.9 Å². The van der Waals surface area contributed by atoms with Crippen LogP contribution in [0.2, 0.25) is 0 Å². The summed E-state index contributed by atoms with van der Waals surface area (Å²) >= 11 is 0. The van der Waals surface area contributed by atoms with Gasteiger partial charge in [0.1, 0.15) is 0 Å². The number of carbonyl (C=O) groups is 3. The number of hydrogen-bond acceptors (Lipinski definition) is 4. The fourth-order valence-electron chi connectivity index (χ4n) is 3.65. The van der Waals surface area contributed by atoms with E-state index < -0.39 is 36.4 Å². The van der Waals surface area contributed by atoms with Gasteiger partial charge in [-0.25, -0.2) is 0 Å². The molecule has 0 aliphatic heterocycles. The zero-order chi connectivity index (χ0) is 22.1. The molecule has 0 aromatic heterocycles. The van der Waals surface area contributed by atoms with Crippen molar-refractivity contribution < 1.29 is 34.8 Å². The van der Waals surface area contributed by atoms with E-state index in [-0.39, 0.29) is 12.3 Å². The number of carboxylic acid groups (broad SMARTS) is 3. The predicted octanol–water partition coefficient (Wildman–Crippen LogP) is 4.70. The molecule has 0 saturated carbocycles. The molecule has 170 valence electrons. The highest BCUT2D eigenvalue weighted by Crippen LogP contribution is 2.21. The lowest BCUT2D eigenvalue weighted by atomic mass is 9.92. The topological polar surface area (TPSA) is 132 Å². The van der Waals surface area contributed by atoms with E-state index in [9.17, 15) is 24.6 Å². The highest BCUT2D eigenvalue weighted by atomic mass is 16.4. The molecule has 0 aromatic rings. The molecule has 7 heteroatoms. The summed E-state index contributed by atoms with van der Waals surface area (Å²) < 4.78 is 0. The normalized spacial score (nSPS) is 14.3. The van der Waals surface area contributed by atoms with Crippen molar-refractivity contribution in [3.8, 4) is 0 Å². The van der Waals surface area contributed by atoms with Gasteiger partial charge in [-0.3, -0.25) is 14.4 Å². The molecular weight excluding hydrogens is 376 g/mol. The third-order valence-corrected chi connectivity index (χ3v) is 5.49. The predicted molar refractivity (Wildman–Crippen MR) is 111 cm³/mol. The molecule has 0 aromatic carbocycles. The molecule has 0 aliphatic rings. The minimum atomic E-state index is -1.36. The van der Waals surface area contributed by atoms with Gasteiger partial charge in [0.15, 0.2) is 0 Å². The van der Waals surface area contributed by atoms with Crippen LogP contribution in [0, 0.1) is 11.8 Å². The molecule has 29 heavy (non-hydrogen) atoms. The largest absolute Gasteiger partial charge is 0.481 e. The van der Waals surface area contributed by atoms with Gasteiger partial charge in [0.05, 0.1) is 24.4 Å². The first-order chi connectivity index (χ1) is 13.8. The zero-order valence-electron chi connectivity index (χ0n) is 17.9. The molecule has 0 saturated heterocycles. The van der Waals surface area contributed by atoms with Crippen molar-refractivity contribution in [3.63, 3.8) is 0 Å². The molecule has 0 heterocycles. The summed E-state index contributed by atoms with van der Waals surface area (Å²) in [5, 5.41) is 36.9. The molecule has 7 nitrogen and oxygen atoms in total. The lowest BCUT2D eigenvalue weighted by Gasteiger charge is -2.17. The maximum atomic E-state index is 11.4. The van der Waals surface area contributed by atoms with Crippen LogP contribution in [0.4, 0.5) is 0 Å². The van der Waals surface area contributed by atoms with Gasteiger partial charge in [0.25, 0.3) is 0 Å². The molecule has 4 N–H and O–H groups in total. The van der Waals surface area contributed by atoms with Crippen LogP contribution in [0.25, 0.3) is 0 Å². The Balaban J connectivity index is 3.86. The highest BCUT2D eigenvalue weighted by Gasteiger charge is 2.27. The first kappa shape index (κ1) is 27.4. The molecule has 0 amide bonds. The second-order valence-electron chi connectivity index (χ2n) is 8.05. The van der Waals surface area contributed by atoms with Gasteiger partial charge in [0, 0.05) is 0 Å². The maximum Gasteiger partial charge on any atom is 0.309 e. The first-order valence-electron chi connectivity index (χ1n) is 11.1. The molecule has 3 unspecified atom stereocenters. The third-order valence-electron chi connectivity index (χ3n) is 5.49. The second kappa shape index (κ2) is 17.2. The van der Waals surface area contributed by atoms with Crippen LogP contribution < -0.4 is 0 Å². The molecule has 0 aliphatic carbocycles. The third kappa shape index (κ3) is 14.9. The minimum absolute atomic E-state index is 0.247. The Morgan fingerprint density at radius 1 is 0.655 bits per heavy atom. The SMILES string of the molecule is CCCCCCCC(CCCCCCCCC(C(=O)O)C(O)CC(=O)O)C(=O)O. The van der Waals surface area contributed by atoms with Crippen molar-refractivity contribution in [2.45, 2.75) is 109 Å². The lowest BCUT2D eigenvalue weighted by Crippen LogP contribution is -2.30. The smallest absolute Gasteiger partial charge is 0.309 e. The highest BCUT2D eigenvalue weighted by molar-refractivity contribution is 5.73. The van der Waals surface area contributed by atoms with Crippen molar-refractivity contribution in [2.75, 3.05) is 0 Å². The van der Waals surface area contributed by atoms with Crippen molar-refractivity contribution >= 4 is 17.9 Å². The molecule has 0 rings (SSSR count). The van der Waals surface area contributed by atoms with Crippen LogP contribution in [0.3, 0.4) is 0 Å². The van der Waals surface area contributed by atoms with Crippen LogP contribution in [0.15, 0.2) is 0 Å². The van der Waals surface area contributed by atoms with E-state index in [0.717, 1.165) is 51.4 Å². The Labute approximate surface area is 174 Å². The van der Waals surface area contributed by atoms with Gasteiger partial charge in [-0.15, -0.1) is 0 Å². The number of hydrogen-bond donors (Lipinski definition) is 4.